The van der Waals surface area contributed by atoms with Crippen molar-refractivity contribution < 1.29 is 32.2 Å². The summed E-state index contributed by atoms with van der Waals surface area (Å²) in [5.74, 6) is -5.64. The molecule has 11 heteroatoms. The Balaban J connectivity index is 1.81. The van der Waals surface area contributed by atoms with E-state index in [1.807, 2.05) is 6.92 Å². The molecular weight excluding hydrogens is 396 g/mol. The lowest BCUT2D eigenvalue weighted by Gasteiger charge is -2.15. The molecule has 3 heterocycles. The van der Waals surface area contributed by atoms with Gasteiger partial charge in [0.15, 0.2) is 12.3 Å². The van der Waals surface area contributed by atoms with Crippen LogP contribution in [0.15, 0.2) is 30.6 Å². The summed E-state index contributed by atoms with van der Waals surface area (Å²) in [5.41, 5.74) is 1.69. The number of hydrogen-bond acceptors (Lipinski definition) is 5. The number of rotatable bonds is 8. The second kappa shape index (κ2) is 8.02. The van der Waals surface area contributed by atoms with Gasteiger partial charge < -0.3 is 9.84 Å². The summed E-state index contributed by atoms with van der Waals surface area (Å²) in [7, 11) is 0. The van der Waals surface area contributed by atoms with E-state index in [0.717, 1.165) is 0 Å². The normalized spacial score (nSPS) is 11.9. The van der Waals surface area contributed by atoms with Crippen molar-refractivity contribution in [3.63, 3.8) is 0 Å². The molecule has 3 rings (SSSR count). The number of alkyl halides is 4. The first-order chi connectivity index (χ1) is 13.7. The number of aromatic carboxylic acids is 1. The Bertz CT molecular complexity index is 1020. The SMILES string of the molecule is CCc1c2c(C(=O)O)nccc2nn1Cc1ccc(OCC(F)(F)C(F)F)nc1. The summed E-state index contributed by atoms with van der Waals surface area (Å²) in [5, 5.41) is 14.2. The van der Waals surface area contributed by atoms with E-state index in [-0.39, 0.29) is 18.1 Å². The number of fused-ring (bicyclic) bond motifs is 1. The van der Waals surface area contributed by atoms with Crippen molar-refractivity contribution in [2.75, 3.05) is 6.61 Å². The summed E-state index contributed by atoms with van der Waals surface area (Å²) in [6.07, 6.45) is -0.614. The summed E-state index contributed by atoms with van der Waals surface area (Å²) in [4.78, 5) is 19.2. The fraction of sp³-hybridized carbons (Fsp3) is 0.333. The highest BCUT2D eigenvalue weighted by Crippen LogP contribution is 2.25. The predicted molar refractivity (Wildman–Crippen MR) is 93.7 cm³/mol. The third kappa shape index (κ3) is 4.28. The van der Waals surface area contributed by atoms with Crippen molar-refractivity contribution >= 4 is 16.9 Å². The van der Waals surface area contributed by atoms with E-state index in [1.165, 1.54) is 24.5 Å². The second-order valence-corrected chi connectivity index (χ2v) is 6.17. The highest BCUT2D eigenvalue weighted by Gasteiger charge is 2.41. The first kappa shape index (κ1) is 20.5. The van der Waals surface area contributed by atoms with Gasteiger partial charge in [-0.15, -0.1) is 0 Å². The third-order valence-corrected chi connectivity index (χ3v) is 4.16. The summed E-state index contributed by atoms with van der Waals surface area (Å²) < 4.78 is 56.4. The molecule has 0 saturated carbocycles. The molecule has 0 radical (unpaired) electrons. The van der Waals surface area contributed by atoms with E-state index in [9.17, 15) is 27.5 Å². The Hall–Kier alpha value is -3.24. The number of hydrogen-bond donors (Lipinski definition) is 1. The van der Waals surface area contributed by atoms with Gasteiger partial charge in [-0.1, -0.05) is 13.0 Å². The van der Waals surface area contributed by atoms with Gasteiger partial charge in [-0.25, -0.2) is 23.5 Å². The van der Waals surface area contributed by atoms with Crippen molar-refractivity contribution in [1.29, 1.82) is 0 Å². The summed E-state index contributed by atoms with van der Waals surface area (Å²) >= 11 is 0. The van der Waals surface area contributed by atoms with Crippen LogP contribution >= 0.6 is 0 Å². The first-order valence-electron chi connectivity index (χ1n) is 8.54. The zero-order chi connectivity index (χ0) is 21.2. The second-order valence-electron chi connectivity index (χ2n) is 6.17. The number of aromatic nitrogens is 4. The highest BCUT2D eigenvalue weighted by atomic mass is 19.3. The van der Waals surface area contributed by atoms with Crippen LogP contribution in [0.5, 0.6) is 5.88 Å². The molecule has 154 valence electrons. The van der Waals surface area contributed by atoms with E-state index in [1.54, 1.807) is 10.7 Å². The van der Waals surface area contributed by atoms with Gasteiger partial charge >= 0.3 is 18.3 Å². The number of carbonyl (C=O) groups is 1. The Morgan fingerprint density at radius 2 is 2.03 bits per heavy atom. The Labute approximate surface area is 162 Å². The molecule has 0 unspecified atom stereocenters. The van der Waals surface area contributed by atoms with Gasteiger partial charge in [-0.3, -0.25) is 4.68 Å². The molecule has 1 N–H and O–H groups in total. The van der Waals surface area contributed by atoms with Crippen LogP contribution in [0.2, 0.25) is 0 Å². The van der Waals surface area contributed by atoms with E-state index in [4.69, 9.17) is 0 Å². The third-order valence-electron chi connectivity index (χ3n) is 4.16. The molecule has 0 aliphatic heterocycles. The van der Waals surface area contributed by atoms with Crippen molar-refractivity contribution in [2.45, 2.75) is 32.2 Å². The van der Waals surface area contributed by atoms with Crippen molar-refractivity contribution in [3.8, 4) is 5.88 Å². The van der Waals surface area contributed by atoms with Crippen LogP contribution in [0, 0.1) is 0 Å². The Morgan fingerprint density at radius 3 is 2.62 bits per heavy atom. The van der Waals surface area contributed by atoms with Crippen LogP contribution in [0.1, 0.15) is 28.7 Å². The predicted octanol–water partition coefficient (Wildman–Crippen LogP) is 3.41. The molecule has 3 aromatic rings. The van der Waals surface area contributed by atoms with Crippen LogP contribution in [-0.2, 0) is 13.0 Å². The van der Waals surface area contributed by atoms with Crippen LogP contribution < -0.4 is 4.74 Å². The molecule has 0 spiro atoms. The van der Waals surface area contributed by atoms with Gasteiger partial charge in [0.1, 0.15) is 0 Å². The molecule has 0 atom stereocenters. The maximum absolute atomic E-state index is 12.9. The Morgan fingerprint density at radius 1 is 1.28 bits per heavy atom. The molecule has 0 saturated heterocycles. The molecule has 3 aromatic heterocycles. The van der Waals surface area contributed by atoms with E-state index >= 15 is 0 Å². The standard InChI is InChI=1S/C18H16F4N4O3/c1-2-12-14-11(5-6-23-15(14)16(27)28)25-26(12)8-10-3-4-13(24-7-10)29-9-18(21,22)17(19)20/h3-7,17H,2,8-9H2,1H3,(H,27,28). The number of ether oxygens (including phenoxy) is 1. The quantitative estimate of drug-likeness (QED) is 0.571. The number of halogens is 4. The summed E-state index contributed by atoms with van der Waals surface area (Å²) in [6.45, 7) is 0.605. The maximum atomic E-state index is 12.9. The lowest BCUT2D eigenvalue weighted by atomic mass is 10.1. The minimum atomic E-state index is -4.26. The monoisotopic (exact) mass is 412 g/mol. The lowest BCUT2D eigenvalue weighted by molar-refractivity contribution is -0.148. The minimum Gasteiger partial charge on any atom is -0.476 e. The van der Waals surface area contributed by atoms with Gasteiger partial charge in [0.2, 0.25) is 5.88 Å². The summed E-state index contributed by atoms with van der Waals surface area (Å²) in [6, 6.07) is 4.43. The fourth-order valence-electron chi connectivity index (χ4n) is 2.79. The van der Waals surface area contributed by atoms with Crippen molar-refractivity contribution in [2.24, 2.45) is 0 Å². The van der Waals surface area contributed by atoms with Crippen LogP contribution in [-0.4, -0.2) is 49.8 Å². The van der Waals surface area contributed by atoms with Gasteiger partial charge in [-0.05, 0) is 18.1 Å². The molecule has 0 bridgehead atoms. The molecule has 7 nitrogen and oxygen atoms in total. The Kier molecular flexibility index (Phi) is 5.66. The zero-order valence-corrected chi connectivity index (χ0v) is 15.1. The molecule has 29 heavy (non-hydrogen) atoms. The molecular formula is C18H16F4N4O3. The number of pyridine rings is 2. The first-order valence-corrected chi connectivity index (χ1v) is 8.54. The molecule has 0 aromatic carbocycles. The highest BCUT2D eigenvalue weighted by molar-refractivity contribution is 6.01. The fourth-order valence-corrected chi connectivity index (χ4v) is 2.79. The average Bonchev–Trinajstić information content (AvgIpc) is 3.04. The van der Waals surface area contributed by atoms with Crippen LogP contribution in [0.3, 0.4) is 0 Å². The minimum absolute atomic E-state index is 0.0903. The van der Waals surface area contributed by atoms with Crippen molar-refractivity contribution in [3.05, 3.63) is 47.5 Å². The van der Waals surface area contributed by atoms with Gasteiger partial charge in [-0.2, -0.15) is 13.9 Å². The van der Waals surface area contributed by atoms with Gasteiger partial charge in [0, 0.05) is 24.2 Å². The van der Waals surface area contributed by atoms with E-state index in [2.05, 4.69) is 19.8 Å². The number of carboxylic acid groups (broad SMARTS) is 1. The van der Waals surface area contributed by atoms with E-state index < -0.39 is 24.9 Å². The average molecular weight is 412 g/mol. The zero-order valence-electron chi connectivity index (χ0n) is 15.1. The maximum Gasteiger partial charge on any atom is 0.355 e. The van der Waals surface area contributed by atoms with Gasteiger partial charge in [0.05, 0.1) is 17.4 Å². The molecule has 0 amide bonds. The molecule has 0 fully saturated rings. The smallest absolute Gasteiger partial charge is 0.355 e. The van der Waals surface area contributed by atoms with Crippen molar-refractivity contribution in [1.82, 2.24) is 19.7 Å². The van der Waals surface area contributed by atoms with Crippen LogP contribution in [0.4, 0.5) is 17.6 Å². The lowest BCUT2D eigenvalue weighted by Crippen LogP contribution is -2.33. The topological polar surface area (TPSA) is 90.1 Å². The molecule has 0 aliphatic rings. The van der Waals surface area contributed by atoms with Gasteiger partial charge in [0.25, 0.3) is 0 Å². The van der Waals surface area contributed by atoms with E-state index in [0.29, 0.717) is 28.6 Å². The number of aryl methyl sites for hydroxylation is 1. The van der Waals surface area contributed by atoms with Crippen LogP contribution in [0.25, 0.3) is 10.9 Å². The number of nitrogens with zero attached hydrogens (tertiary/aromatic N) is 4. The largest absolute Gasteiger partial charge is 0.476 e. The number of carboxylic acids is 1. The molecule has 0 aliphatic carbocycles.